The van der Waals surface area contributed by atoms with Gasteiger partial charge in [0.05, 0.1) is 31.1 Å². The minimum Gasteiger partial charge on any atom is -0.373 e. The van der Waals surface area contributed by atoms with Gasteiger partial charge in [-0.1, -0.05) is 37.3 Å². The van der Waals surface area contributed by atoms with E-state index < -0.39 is 9.84 Å². The number of likely N-dealkylation sites (tertiary alicyclic amines) is 1. The number of rotatable bonds is 7. The van der Waals surface area contributed by atoms with E-state index in [4.69, 9.17) is 4.74 Å². The number of aliphatic imine (C=N–C) groups is 1. The molecule has 2 atom stereocenters. The Bertz CT molecular complexity index is 754. The highest BCUT2D eigenvalue weighted by Crippen LogP contribution is 2.24. The Morgan fingerprint density at radius 1 is 1.25 bits per heavy atom. The van der Waals surface area contributed by atoms with Gasteiger partial charge in [0.1, 0.15) is 0 Å². The Labute approximate surface area is 168 Å². The Balaban J connectivity index is 1.66. The second-order valence-corrected chi connectivity index (χ2v) is 9.78. The lowest BCUT2D eigenvalue weighted by atomic mass is 10.1. The standard InChI is InChI=1S/C20H32N4O3S/c1-3-21-20(22-10-13-28(25,26)4-2)24-15-18-19(16-24)27-12-11-23(18)14-17-8-6-5-7-9-17/h5-9,18-19H,3-4,10-16H2,1-2H3,(H,21,22). The third kappa shape index (κ3) is 5.46. The summed E-state index contributed by atoms with van der Waals surface area (Å²) in [5.41, 5.74) is 1.31. The van der Waals surface area contributed by atoms with Gasteiger partial charge in [0.2, 0.25) is 0 Å². The summed E-state index contributed by atoms with van der Waals surface area (Å²) >= 11 is 0. The maximum absolute atomic E-state index is 11.8. The molecule has 28 heavy (non-hydrogen) atoms. The lowest BCUT2D eigenvalue weighted by Crippen LogP contribution is -2.50. The van der Waals surface area contributed by atoms with Crippen molar-refractivity contribution in [2.45, 2.75) is 32.5 Å². The number of morpholine rings is 1. The van der Waals surface area contributed by atoms with Crippen molar-refractivity contribution in [1.82, 2.24) is 15.1 Å². The van der Waals surface area contributed by atoms with Crippen LogP contribution in [0, 0.1) is 0 Å². The second kappa shape index (κ2) is 9.71. The van der Waals surface area contributed by atoms with Crippen LogP contribution in [-0.4, -0.2) is 87.2 Å². The highest BCUT2D eigenvalue weighted by Gasteiger charge is 2.41. The second-order valence-electron chi connectivity index (χ2n) is 7.31. The van der Waals surface area contributed by atoms with Gasteiger partial charge in [-0.3, -0.25) is 9.89 Å². The zero-order valence-electron chi connectivity index (χ0n) is 16.9. The molecule has 1 N–H and O–H groups in total. The molecule has 0 radical (unpaired) electrons. The zero-order valence-corrected chi connectivity index (χ0v) is 17.7. The molecule has 0 aliphatic carbocycles. The van der Waals surface area contributed by atoms with Crippen molar-refractivity contribution in [1.29, 1.82) is 0 Å². The first-order valence-electron chi connectivity index (χ1n) is 10.2. The van der Waals surface area contributed by atoms with Gasteiger partial charge in [0, 0.05) is 38.5 Å². The lowest BCUT2D eigenvalue weighted by Gasteiger charge is -2.36. The summed E-state index contributed by atoms with van der Waals surface area (Å²) in [5, 5.41) is 3.31. The van der Waals surface area contributed by atoms with E-state index >= 15 is 0 Å². The molecule has 2 heterocycles. The van der Waals surface area contributed by atoms with Gasteiger partial charge in [0.15, 0.2) is 15.8 Å². The molecule has 2 saturated heterocycles. The van der Waals surface area contributed by atoms with Crippen LogP contribution >= 0.6 is 0 Å². The monoisotopic (exact) mass is 408 g/mol. The molecule has 8 heteroatoms. The first kappa shape index (κ1) is 21.1. The number of benzene rings is 1. The third-order valence-corrected chi connectivity index (χ3v) is 7.07. The molecule has 1 aromatic carbocycles. The summed E-state index contributed by atoms with van der Waals surface area (Å²) in [6.45, 7) is 8.94. The van der Waals surface area contributed by atoms with Gasteiger partial charge < -0.3 is 15.0 Å². The molecule has 156 valence electrons. The predicted molar refractivity (Wildman–Crippen MR) is 112 cm³/mol. The SMILES string of the molecule is CCNC(=NCCS(=O)(=O)CC)N1CC2OCCN(Cc3ccccc3)C2C1. The molecule has 0 aromatic heterocycles. The molecule has 1 aromatic rings. The van der Waals surface area contributed by atoms with Crippen LogP contribution in [0.3, 0.4) is 0 Å². The average Bonchev–Trinajstić information content (AvgIpc) is 3.13. The topological polar surface area (TPSA) is 74.2 Å². The van der Waals surface area contributed by atoms with Crippen molar-refractivity contribution in [3.8, 4) is 0 Å². The maximum Gasteiger partial charge on any atom is 0.194 e. The predicted octanol–water partition coefficient (Wildman–Crippen LogP) is 0.972. The van der Waals surface area contributed by atoms with Crippen molar-refractivity contribution in [3.05, 3.63) is 35.9 Å². The molecular formula is C20H32N4O3S. The van der Waals surface area contributed by atoms with E-state index in [-0.39, 0.29) is 17.6 Å². The van der Waals surface area contributed by atoms with Gasteiger partial charge >= 0.3 is 0 Å². The quantitative estimate of drug-likeness (QED) is 0.535. The number of hydrogen-bond acceptors (Lipinski definition) is 5. The minimum absolute atomic E-state index is 0.0930. The normalized spacial score (nSPS) is 23.6. The van der Waals surface area contributed by atoms with Crippen LogP contribution < -0.4 is 5.32 Å². The van der Waals surface area contributed by atoms with Crippen LogP contribution in [0.4, 0.5) is 0 Å². The van der Waals surface area contributed by atoms with Crippen LogP contribution in [-0.2, 0) is 21.1 Å². The molecule has 0 spiro atoms. The van der Waals surface area contributed by atoms with Crippen molar-refractivity contribution < 1.29 is 13.2 Å². The Morgan fingerprint density at radius 3 is 2.75 bits per heavy atom. The fraction of sp³-hybridized carbons (Fsp3) is 0.650. The number of guanidine groups is 1. The van der Waals surface area contributed by atoms with Gasteiger partial charge in [-0.15, -0.1) is 0 Å². The van der Waals surface area contributed by atoms with E-state index in [0.29, 0.717) is 12.6 Å². The van der Waals surface area contributed by atoms with Crippen LogP contribution in [0.15, 0.2) is 35.3 Å². The number of fused-ring (bicyclic) bond motifs is 1. The van der Waals surface area contributed by atoms with E-state index in [0.717, 1.165) is 45.3 Å². The highest BCUT2D eigenvalue weighted by molar-refractivity contribution is 7.91. The third-order valence-electron chi connectivity index (χ3n) is 5.38. The Hall–Kier alpha value is -1.64. The summed E-state index contributed by atoms with van der Waals surface area (Å²) in [5.74, 6) is 1.04. The van der Waals surface area contributed by atoms with E-state index in [1.54, 1.807) is 6.92 Å². The van der Waals surface area contributed by atoms with Gasteiger partial charge in [0.25, 0.3) is 0 Å². The van der Waals surface area contributed by atoms with Crippen molar-refractivity contribution in [2.24, 2.45) is 4.99 Å². The fourth-order valence-corrected chi connectivity index (χ4v) is 4.46. The number of nitrogens with one attached hydrogen (secondary N) is 1. The van der Waals surface area contributed by atoms with Gasteiger partial charge in [-0.25, -0.2) is 8.42 Å². The van der Waals surface area contributed by atoms with Crippen LogP contribution in [0.5, 0.6) is 0 Å². The van der Waals surface area contributed by atoms with Gasteiger partial charge in [-0.2, -0.15) is 0 Å². The fourth-order valence-electron chi connectivity index (χ4n) is 3.81. The molecule has 3 rings (SSSR count). The molecule has 0 amide bonds. The van der Waals surface area contributed by atoms with Crippen LogP contribution in [0.2, 0.25) is 0 Å². The smallest absolute Gasteiger partial charge is 0.194 e. The molecule has 2 fully saturated rings. The first-order chi connectivity index (χ1) is 13.5. The van der Waals surface area contributed by atoms with E-state index in [9.17, 15) is 8.42 Å². The molecule has 7 nitrogen and oxygen atoms in total. The molecular weight excluding hydrogens is 376 g/mol. The molecule has 0 bridgehead atoms. The molecule has 2 aliphatic rings. The summed E-state index contributed by atoms with van der Waals surface area (Å²) in [6, 6.07) is 10.8. The Kier molecular flexibility index (Phi) is 7.31. The zero-order chi connectivity index (χ0) is 20.0. The molecule has 0 saturated carbocycles. The Morgan fingerprint density at radius 2 is 2.04 bits per heavy atom. The van der Waals surface area contributed by atoms with Crippen molar-refractivity contribution >= 4 is 15.8 Å². The van der Waals surface area contributed by atoms with Crippen molar-refractivity contribution in [3.63, 3.8) is 0 Å². The van der Waals surface area contributed by atoms with Crippen LogP contribution in [0.1, 0.15) is 19.4 Å². The summed E-state index contributed by atoms with van der Waals surface area (Å²) in [6.07, 6.45) is 0.153. The van der Waals surface area contributed by atoms with Gasteiger partial charge in [-0.05, 0) is 12.5 Å². The summed E-state index contributed by atoms with van der Waals surface area (Å²) in [4.78, 5) is 9.28. The lowest BCUT2D eigenvalue weighted by molar-refractivity contribution is -0.0502. The van der Waals surface area contributed by atoms with E-state index in [1.165, 1.54) is 5.56 Å². The number of hydrogen-bond donors (Lipinski definition) is 1. The average molecular weight is 409 g/mol. The summed E-state index contributed by atoms with van der Waals surface area (Å²) < 4.78 is 29.5. The largest absolute Gasteiger partial charge is 0.373 e. The number of nitrogens with zero attached hydrogens (tertiary/aromatic N) is 3. The number of sulfone groups is 1. The maximum atomic E-state index is 11.8. The first-order valence-corrected chi connectivity index (χ1v) is 12.0. The van der Waals surface area contributed by atoms with Crippen molar-refractivity contribution in [2.75, 3.05) is 50.8 Å². The molecule has 2 aliphatic heterocycles. The number of ether oxygens (including phenoxy) is 1. The highest BCUT2D eigenvalue weighted by atomic mass is 32.2. The molecule has 2 unspecified atom stereocenters. The van der Waals surface area contributed by atoms with E-state index in [1.807, 2.05) is 13.0 Å². The van der Waals surface area contributed by atoms with Crippen LogP contribution in [0.25, 0.3) is 0 Å². The van der Waals surface area contributed by atoms with E-state index in [2.05, 4.69) is 44.4 Å². The minimum atomic E-state index is -3.00. The summed E-state index contributed by atoms with van der Waals surface area (Å²) in [7, 11) is -3.00.